The fourth-order valence-electron chi connectivity index (χ4n) is 2.96. The first-order chi connectivity index (χ1) is 12.1. The normalized spacial score (nSPS) is 17.0. The van der Waals surface area contributed by atoms with Crippen molar-refractivity contribution in [2.75, 3.05) is 18.0 Å². The summed E-state index contributed by atoms with van der Waals surface area (Å²) in [6.07, 6.45) is 1.10. The van der Waals surface area contributed by atoms with Crippen molar-refractivity contribution in [3.8, 4) is 0 Å². The third-order valence-electron chi connectivity index (χ3n) is 4.28. The minimum Gasteiger partial charge on any atom is -0.355 e. The number of carbonyl (C=O) groups excluding carboxylic acids is 2. The quantitative estimate of drug-likeness (QED) is 0.777. The van der Waals surface area contributed by atoms with Crippen LogP contribution in [-0.2, 0) is 16.0 Å². The van der Waals surface area contributed by atoms with Gasteiger partial charge in [-0.05, 0) is 36.6 Å². The zero-order valence-electron chi connectivity index (χ0n) is 13.5. The number of halogens is 2. The minimum atomic E-state index is -0.751. The molecule has 1 aliphatic heterocycles. The second kappa shape index (κ2) is 7.78. The van der Waals surface area contributed by atoms with Crippen molar-refractivity contribution in [2.24, 2.45) is 5.92 Å². The fourth-order valence-corrected chi connectivity index (χ4v) is 3.29. The van der Waals surface area contributed by atoms with Crippen molar-refractivity contribution >= 4 is 33.4 Å². The molecule has 3 rings (SSSR count). The van der Waals surface area contributed by atoms with Crippen LogP contribution in [0.2, 0.25) is 0 Å². The number of amides is 2. The molecule has 0 bridgehead atoms. The highest BCUT2D eigenvalue weighted by molar-refractivity contribution is 9.10. The van der Waals surface area contributed by atoms with Crippen molar-refractivity contribution in [2.45, 2.75) is 12.8 Å². The van der Waals surface area contributed by atoms with Crippen molar-refractivity contribution in [3.63, 3.8) is 0 Å². The Hall–Kier alpha value is -2.21. The summed E-state index contributed by atoms with van der Waals surface area (Å²) >= 11 is 3.20. The van der Waals surface area contributed by atoms with Gasteiger partial charge in [0.15, 0.2) is 0 Å². The molecule has 1 unspecified atom stereocenters. The van der Waals surface area contributed by atoms with Crippen LogP contribution in [0.25, 0.3) is 0 Å². The molecule has 6 heteroatoms. The summed E-state index contributed by atoms with van der Waals surface area (Å²) in [5.74, 6) is -1.87. The van der Waals surface area contributed by atoms with E-state index in [1.165, 1.54) is 11.0 Å². The maximum atomic E-state index is 14.1. The number of hydrogen-bond acceptors (Lipinski definition) is 2. The van der Waals surface area contributed by atoms with Crippen LogP contribution in [0.15, 0.2) is 53.0 Å². The Labute approximate surface area is 154 Å². The maximum Gasteiger partial charge on any atom is 0.239 e. The molecular weight excluding hydrogens is 387 g/mol. The van der Waals surface area contributed by atoms with Gasteiger partial charge < -0.3 is 10.2 Å². The van der Waals surface area contributed by atoms with Gasteiger partial charge in [0.1, 0.15) is 11.7 Å². The fraction of sp³-hybridized carbons (Fsp3) is 0.263. The topological polar surface area (TPSA) is 49.4 Å². The minimum absolute atomic E-state index is 0.216. The lowest BCUT2D eigenvalue weighted by Crippen LogP contribution is -2.37. The number of hydrogen-bond donors (Lipinski definition) is 1. The van der Waals surface area contributed by atoms with Gasteiger partial charge in [-0.25, -0.2) is 4.39 Å². The highest BCUT2D eigenvalue weighted by atomic mass is 79.9. The Bertz CT molecular complexity index is 782. The van der Waals surface area contributed by atoms with E-state index >= 15 is 0 Å². The lowest BCUT2D eigenvalue weighted by atomic mass is 10.1. The average molecular weight is 405 g/mol. The summed E-state index contributed by atoms with van der Waals surface area (Å²) < 4.78 is 14.7. The summed E-state index contributed by atoms with van der Waals surface area (Å²) in [5, 5.41) is 2.81. The average Bonchev–Trinajstić information content (AvgIpc) is 2.97. The summed E-state index contributed by atoms with van der Waals surface area (Å²) in [4.78, 5) is 26.2. The molecule has 1 aliphatic rings. The molecule has 2 aromatic carbocycles. The SMILES string of the molecule is O=C(NCCc1ccccc1)C1CCN(c2ccc(Br)cc2F)C1=O. The van der Waals surface area contributed by atoms with E-state index in [2.05, 4.69) is 21.2 Å². The third-order valence-corrected chi connectivity index (χ3v) is 4.77. The second-order valence-electron chi connectivity index (χ2n) is 5.95. The first-order valence-corrected chi connectivity index (χ1v) is 8.93. The van der Waals surface area contributed by atoms with Crippen LogP contribution < -0.4 is 10.2 Å². The smallest absolute Gasteiger partial charge is 0.239 e. The first kappa shape index (κ1) is 17.6. The predicted octanol–water partition coefficient (Wildman–Crippen LogP) is 3.30. The Morgan fingerprint density at radius 2 is 2.00 bits per heavy atom. The Morgan fingerprint density at radius 3 is 2.72 bits per heavy atom. The molecule has 0 spiro atoms. The highest BCUT2D eigenvalue weighted by Gasteiger charge is 2.38. The molecule has 130 valence electrons. The zero-order valence-corrected chi connectivity index (χ0v) is 15.1. The maximum absolute atomic E-state index is 14.1. The van der Waals surface area contributed by atoms with Gasteiger partial charge >= 0.3 is 0 Å². The number of nitrogens with zero attached hydrogens (tertiary/aromatic N) is 1. The van der Waals surface area contributed by atoms with E-state index in [1.54, 1.807) is 12.1 Å². The van der Waals surface area contributed by atoms with Gasteiger partial charge in [0.05, 0.1) is 5.69 Å². The molecule has 4 nitrogen and oxygen atoms in total. The largest absolute Gasteiger partial charge is 0.355 e. The molecular formula is C19H18BrFN2O2. The van der Waals surface area contributed by atoms with E-state index in [9.17, 15) is 14.0 Å². The second-order valence-corrected chi connectivity index (χ2v) is 6.87. The molecule has 1 heterocycles. The summed E-state index contributed by atoms with van der Waals surface area (Å²) in [6, 6.07) is 14.4. The van der Waals surface area contributed by atoms with Gasteiger partial charge in [0.2, 0.25) is 11.8 Å². The van der Waals surface area contributed by atoms with E-state index in [0.29, 0.717) is 30.4 Å². The predicted molar refractivity (Wildman–Crippen MR) is 97.7 cm³/mol. The number of anilines is 1. The van der Waals surface area contributed by atoms with Crippen LogP contribution in [0, 0.1) is 11.7 Å². The molecule has 0 aromatic heterocycles. The van der Waals surface area contributed by atoms with Gasteiger partial charge in [0.25, 0.3) is 0 Å². The summed E-state index contributed by atoms with van der Waals surface area (Å²) in [5.41, 5.74) is 1.34. The molecule has 25 heavy (non-hydrogen) atoms. The third kappa shape index (κ3) is 4.07. The molecule has 0 radical (unpaired) electrons. The van der Waals surface area contributed by atoms with Crippen molar-refractivity contribution in [1.29, 1.82) is 0 Å². The lowest BCUT2D eigenvalue weighted by molar-refractivity contribution is -0.132. The lowest BCUT2D eigenvalue weighted by Gasteiger charge is -2.17. The van der Waals surface area contributed by atoms with Crippen LogP contribution in [0.4, 0.5) is 10.1 Å². The molecule has 0 saturated carbocycles. The first-order valence-electron chi connectivity index (χ1n) is 8.14. The monoisotopic (exact) mass is 404 g/mol. The number of benzene rings is 2. The van der Waals surface area contributed by atoms with E-state index < -0.39 is 11.7 Å². The summed E-state index contributed by atoms with van der Waals surface area (Å²) in [6.45, 7) is 0.813. The Balaban J connectivity index is 1.58. The van der Waals surface area contributed by atoms with E-state index in [-0.39, 0.29) is 17.5 Å². The Morgan fingerprint density at radius 1 is 1.24 bits per heavy atom. The molecule has 1 saturated heterocycles. The molecule has 2 amide bonds. The van der Waals surface area contributed by atoms with E-state index in [1.807, 2.05) is 30.3 Å². The summed E-state index contributed by atoms with van der Waals surface area (Å²) in [7, 11) is 0. The van der Waals surface area contributed by atoms with Gasteiger partial charge in [-0.1, -0.05) is 46.3 Å². The van der Waals surface area contributed by atoms with Crippen LogP contribution in [-0.4, -0.2) is 24.9 Å². The molecule has 1 N–H and O–H groups in total. The van der Waals surface area contributed by atoms with Gasteiger partial charge in [0, 0.05) is 17.6 Å². The van der Waals surface area contributed by atoms with E-state index in [4.69, 9.17) is 0 Å². The van der Waals surface area contributed by atoms with Crippen LogP contribution in [0.5, 0.6) is 0 Å². The molecule has 1 fully saturated rings. The van der Waals surface area contributed by atoms with Gasteiger partial charge in [-0.2, -0.15) is 0 Å². The number of carbonyl (C=O) groups is 2. The van der Waals surface area contributed by atoms with Gasteiger partial charge in [-0.15, -0.1) is 0 Å². The van der Waals surface area contributed by atoms with Crippen LogP contribution >= 0.6 is 15.9 Å². The molecule has 1 atom stereocenters. The van der Waals surface area contributed by atoms with Crippen molar-refractivity contribution in [1.82, 2.24) is 5.32 Å². The van der Waals surface area contributed by atoms with Crippen molar-refractivity contribution < 1.29 is 14.0 Å². The Kier molecular flexibility index (Phi) is 5.48. The van der Waals surface area contributed by atoms with Crippen LogP contribution in [0.1, 0.15) is 12.0 Å². The standard InChI is InChI=1S/C19H18BrFN2O2/c20-14-6-7-17(16(21)12-14)23-11-9-15(19(23)25)18(24)22-10-8-13-4-2-1-3-5-13/h1-7,12,15H,8-11H2,(H,22,24). The van der Waals surface area contributed by atoms with Crippen LogP contribution in [0.3, 0.4) is 0 Å². The number of rotatable bonds is 5. The van der Waals surface area contributed by atoms with Gasteiger partial charge in [-0.3, -0.25) is 9.59 Å². The van der Waals surface area contributed by atoms with E-state index in [0.717, 1.165) is 5.56 Å². The molecule has 2 aromatic rings. The molecule has 0 aliphatic carbocycles. The zero-order chi connectivity index (χ0) is 17.8. The highest BCUT2D eigenvalue weighted by Crippen LogP contribution is 2.29. The van der Waals surface area contributed by atoms with Crippen molar-refractivity contribution in [3.05, 3.63) is 64.4 Å². The number of nitrogens with one attached hydrogen (secondary N) is 1.